The minimum Gasteiger partial charge on any atom is -0.462 e. The van der Waals surface area contributed by atoms with Crippen molar-refractivity contribution in [3.8, 4) is 0 Å². The van der Waals surface area contributed by atoms with Crippen LogP contribution in [0, 0.1) is 17.3 Å². The van der Waals surface area contributed by atoms with E-state index in [0.29, 0.717) is 25.8 Å². The molecule has 0 aromatic rings. The summed E-state index contributed by atoms with van der Waals surface area (Å²) in [5.41, 5.74) is -0.518. The van der Waals surface area contributed by atoms with Crippen molar-refractivity contribution < 1.29 is 38.1 Å². The summed E-state index contributed by atoms with van der Waals surface area (Å²) in [5.74, 6) is -1.25. The number of nitrogens with zero attached hydrogens (tertiary/aromatic N) is 1. The Bertz CT molecular complexity index is 1470. The largest absolute Gasteiger partial charge is 0.462 e. The molecular formula is C58H97NO8. The van der Waals surface area contributed by atoms with E-state index >= 15 is 0 Å². The van der Waals surface area contributed by atoms with Crippen LogP contribution in [0.3, 0.4) is 0 Å². The summed E-state index contributed by atoms with van der Waals surface area (Å²) in [6.07, 6.45) is 50.0. The van der Waals surface area contributed by atoms with Gasteiger partial charge in [-0.25, -0.2) is 0 Å². The van der Waals surface area contributed by atoms with Crippen LogP contribution in [0.15, 0.2) is 60.8 Å². The average molecular weight is 936 g/mol. The zero-order chi connectivity index (χ0) is 48.6. The van der Waals surface area contributed by atoms with Crippen LogP contribution in [-0.2, 0) is 38.1 Å². The van der Waals surface area contributed by atoms with Crippen molar-refractivity contribution in [2.45, 2.75) is 233 Å². The lowest BCUT2D eigenvalue weighted by Crippen LogP contribution is -2.37. The minimum atomic E-state index is -0.881. The molecule has 67 heavy (non-hydrogen) atoms. The lowest BCUT2D eigenvalue weighted by molar-refractivity contribution is -0.167. The monoisotopic (exact) mass is 936 g/mol. The minimum absolute atomic E-state index is 0.00762. The van der Waals surface area contributed by atoms with Gasteiger partial charge in [0.25, 0.3) is 0 Å². The zero-order valence-corrected chi connectivity index (χ0v) is 43.3. The molecule has 2 fully saturated rings. The number of hydrogen-bond acceptors (Lipinski definition) is 9. The maximum absolute atomic E-state index is 13.4. The standard InChI is InChI=1S/C58H97NO8/c1-6-9-12-14-16-18-20-22-24-26-28-30-32-34-37-40-54(60)64-47-51(66-55(61)41-38-35-33-31-29-27-25-23-21-19-17-15-13-10-7-2)48-65-56(62)46-50-42-43-53(52(50)39-36-11-8-3)67-57(63)58(4)44-45-59(5)49-58/h11,16-19,22-25,36,50-53H,6-10,12-15,20-21,26-35,37-49H2,1-5H3/b18-16-,19-17-,24-22-,25-23-,36-11-. The third kappa shape index (κ3) is 29.9. The summed E-state index contributed by atoms with van der Waals surface area (Å²) in [4.78, 5) is 54.8. The van der Waals surface area contributed by atoms with Gasteiger partial charge in [0.2, 0.25) is 0 Å². The molecule has 1 aliphatic heterocycles. The molecule has 2 rings (SSSR count). The predicted molar refractivity (Wildman–Crippen MR) is 275 cm³/mol. The molecule has 0 aromatic carbocycles. The van der Waals surface area contributed by atoms with Crippen LogP contribution < -0.4 is 0 Å². The van der Waals surface area contributed by atoms with Gasteiger partial charge in [0.15, 0.2) is 6.10 Å². The molecule has 5 unspecified atom stereocenters. The van der Waals surface area contributed by atoms with Crippen molar-refractivity contribution in [1.82, 2.24) is 4.90 Å². The highest BCUT2D eigenvalue weighted by atomic mass is 16.6. The van der Waals surface area contributed by atoms with Crippen LogP contribution in [0.25, 0.3) is 0 Å². The first-order valence-electron chi connectivity index (χ1n) is 27.3. The van der Waals surface area contributed by atoms with Crippen molar-refractivity contribution in [2.24, 2.45) is 17.3 Å². The van der Waals surface area contributed by atoms with Crippen LogP contribution >= 0.6 is 0 Å². The van der Waals surface area contributed by atoms with E-state index in [1.807, 2.05) is 14.0 Å². The third-order valence-corrected chi connectivity index (χ3v) is 13.4. The number of carbonyl (C=O) groups excluding carboxylic acids is 4. The first-order valence-corrected chi connectivity index (χ1v) is 27.3. The summed E-state index contributed by atoms with van der Waals surface area (Å²) in [6.45, 7) is 9.76. The van der Waals surface area contributed by atoms with Crippen LogP contribution in [-0.4, -0.2) is 74.3 Å². The van der Waals surface area contributed by atoms with Gasteiger partial charge >= 0.3 is 23.9 Å². The summed E-state index contributed by atoms with van der Waals surface area (Å²) >= 11 is 0. The van der Waals surface area contributed by atoms with Crippen molar-refractivity contribution >= 4 is 23.9 Å². The van der Waals surface area contributed by atoms with Crippen molar-refractivity contribution in [1.29, 1.82) is 0 Å². The molecule has 2 aliphatic rings. The molecule has 9 heteroatoms. The van der Waals surface area contributed by atoms with Crippen LogP contribution in [0.4, 0.5) is 0 Å². The van der Waals surface area contributed by atoms with Gasteiger partial charge in [-0.3, -0.25) is 19.2 Å². The Morgan fingerprint density at radius 2 is 1.10 bits per heavy atom. The smallest absolute Gasteiger partial charge is 0.313 e. The number of esters is 4. The van der Waals surface area contributed by atoms with Gasteiger partial charge in [0.1, 0.15) is 19.3 Å². The summed E-state index contributed by atoms with van der Waals surface area (Å²) < 4.78 is 23.4. The van der Waals surface area contributed by atoms with Gasteiger partial charge in [-0.05, 0) is 136 Å². The Kier molecular flexibility index (Phi) is 35.1. The van der Waals surface area contributed by atoms with Gasteiger partial charge in [0, 0.05) is 31.7 Å². The van der Waals surface area contributed by atoms with E-state index in [2.05, 4.69) is 86.4 Å². The highest BCUT2D eigenvalue weighted by Gasteiger charge is 2.45. The Morgan fingerprint density at radius 1 is 0.597 bits per heavy atom. The van der Waals surface area contributed by atoms with E-state index in [9.17, 15) is 19.2 Å². The van der Waals surface area contributed by atoms with Gasteiger partial charge in [-0.1, -0.05) is 146 Å². The Labute approximate surface area is 409 Å². The number of hydrogen-bond donors (Lipinski definition) is 0. The molecule has 0 spiro atoms. The summed E-state index contributed by atoms with van der Waals surface area (Å²) in [5, 5.41) is 0. The number of carbonyl (C=O) groups is 4. The van der Waals surface area contributed by atoms with Crippen molar-refractivity contribution in [3.05, 3.63) is 60.8 Å². The molecule has 382 valence electrons. The maximum atomic E-state index is 13.4. The second-order valence-corrected chi connectivity index (χ2v) is 19.8. The van der Waals surface area contributed by atoms with Gasteiger partial charge in [0.05, 0.1) is 5.41 Å². The number of likely N-dealkylation sites (tertiary alicyclic amines) is 1. The fourth-order valence-corrected chi connectivity index (χ4v) is 9.15. The fourth-order valence-electron chi connectivity index (χ4n) is 9.15. The summed E-state index contributed by atoms with van der Waals surface area (Å²) in [6, 6.07) is 0. The zero-order valence-electron chi connectivity index (χ0n) is 43.3. The number of allylic oxidation sites excluding steroid dienone is 10. The Hall–Kier alpha value is -3.46. The number of unbranched alkanes of at least 4 members (excludes halogenated alkanes) is 16. The molecule has 1 saturated heterocycles. The molecule has 0 amide bonds. The molecule has 1 heterocycles. The first-order chi connectivity index (χ1) is 32.6. The first kappa shape index (κ1) is 59.7. The normalized spacial score (nSPS) is 20.6. The second-order valence-electron chi connectivity index (χ2n) is 19.8. The predicted octanol–water partition coefficient (Wildman–Crippen LogP) is 14.6. The second kappa shape index (κ2) is 39.4. The molecular weight excluding hydrogens is 839 g/mol. The number of ether oxygens (including phenoxy) is 4. The third-order valence-electron chi connectivity index (χ3n) is 13.4. The van der Waals surface area contributed by atoms with E-state index in [1.54, 1.807) is 0 Å². The van der Waals surface area contributed by atoms with Crippen LogP contribution in [0.1, 0.15) is 220 Å². The van der Waals surface area contributed by atoms with Gasteiger partial charge in [-0.2, -0.15) is 0 Å². The molecule has 0 aromatic heterocycles. The Morgan fingerprint density at radius 3 is 1.63 bits per heavy atom. The quantitative estimate of drug-likeness (QED) is 0.0257. The highest BCUT2D eigenvalue weighted by Crippen LogP contribution is 2.41. The maximum Gasteiger partial charge on any atom is 0.313 e. The molecule has 1 aliphatic carbocycles. The molecule has 1 saturated carbocycles. The molecule has 9 nitrogen and oxygen atoms in total. The van der Waals surface area contributed by atoms with E-state index in [0.717, 1.165) is 116 Å². The van der Waals surface area contributed by atoms with Gasteiger partial charge < -0.3 is 23.8 Å². The van der Waals surface area contributed by atoms with E-state index < -0.39 is 17.5 Å². The fraction of sp³-hybridized carbons (Fsp3) is 0.759. The van der Waals surface area contributed by atoms with E-state index in [1.165, 1.54) is 51.4 Å². The van der Waals surface area contributed by atoms with E-state index in [-0.39, 0.29) is 61.9 Å². The molecule has 0 N–H and O–H groups in total. The topological polar surface area (TPSA) is 108 Å². The highest BCUT2D eigenvalue weighted by molar-refractivity contribution is 5.77. The van der Waals surface area contributed by atoms with Gasteiger partial charge in [-0.15, -0.1) is 0 Å². The van der Waals surface area contributed by atoms with E-state index in [4.69, 9.17) is 18.9 Å². The molecule has 5 atom stereocenters. The Balaban J connectivity index is 1.82. The average Bonchev–Trinajstić information content (AvgIpc) is 3.87. The number of rotatable bonds is 40. The molecule has 0 radical (unpaired) electrons. The lowest BCUT2D eigenvalue weighted by Gasteiger charge is -2.28. The van der Waals surface area contributed by atoms with Crippen LogP contribution in [0.2, 0.25) is 0 Å². The van der Waals surface area contributed by atoms with Crippen molar-refractivity contribution in [2.75, 3.05) is 33.4 Å². The van der Waals surface area contributed by atoms with Crippen molar-refractivity contribution in [3.63, 3.8) is 0 Å². The lowest BCUT2D eigenvalue weighted by atomic mass is 9.87. The SMILES string of the molecule is CC/C=C\CC1C(CC(=O)OCC(COC(=O)CCCCCCC/C=C\C/C=C\CCCCC)OC(=O)CCCCCCC/C=C\C/C=C\CCCCC)CCC1OC(=O)C1(C)CCN(C)C1. The summed E-state index contributed by atoms with van der Waals surface area (Å²) in [7, 11) is 2.03. The molecule has 0 bridgehead atoms. The van der Waals surface area contributed by atoms with Crippen LogP contribution in [0.5, 0.6) is 0 Å².